The smallest absolute Gasteiger partial charge is 0.138 e. The Morgan fingerprint density at radius 3 is 1.15 bits per heavy atom. The van der Waals surface area contributed by atoms with Gasteiger partial charge in [-0.25, -0.2) is 0 Å². The number of unbranched alkanes of at least 4 members (excludes halogenated alkanes) is 30. The largest absolute Gasteiger partial charge is 0.491 e. The lowest BCUT2D eigenvalue weighted by atomic mass is 10.0. The molecule has 6 nitrogen and oxygen atoms in total. The summed E-state index contributed by atoms with van der Waals surface area (Å²) in [6, 6.07) is 9.47. The van der Waals surface area contributed by atoms with Crippen LogP contribution < -0.4 is 9.47 Å². The Labute approximate surface area is 368 Å². The Balaban J connectivity index is 1.45. The molecule has 342 valence electrons. The van der Waals surface area contributed by atoms with Crippen molar-refractivity contribution in [2.45, 2.75) is 232 Å². The van der Waals surface area contributed by atoms with E-state index >= 15 is 0 Å². The van der Waals surface area contributed by atoms with Gasteiger partial charge >= 0.3 is 0 Å². The molecular formula is C52H91ClO6. The van der Waals surface area contributed by atoms with E-state index < -0.39 is 12.2 Å². The highest BCUT2D eigenvalue weighted by atomic mass is 35.5. The van der Waals surface area contributed by atoms with Crippen molar-refractivity contribution in [1.29, 1.82) is 0 Å². The molecular weight excluding hydrogens is 756 g/mol. The van der Waals surface area contributed by atoms with Gasteiger partial charge in [0.1, 0.15) is 36.9 Å². The number of halogens is 1. The number of fused-ring (bicyclic) bond motifs is 1. The third kappa shape index (κ3) is 30.2. The predicted octanol–water partition coefficient (Wildman–Crippen LogP) is 15.5. The summed E-state index contributed by atoms with van der Waals surface area (Å²) in [6.45, 7) is 6.65. The van der Waals surface area contributed by atoms with Crippen molar-refractivity contribution >= 4 is 22.4 Å². The van der Waals surface area contributed by atoms with Crippen LogP contribution in [-0.4, -0.2) is 62.1 Å². The molecule has 2 N–H and O–H groups in total. The summed E-state index contributed by atoms with van der Waals surface area (Å²) in [6.07, 6.45) is 41.7. The third-order valence-electron chi connectivity index (χ3n) is 11.7. The fourth-order valence-electron chi connectivity index (χ4n) is 7.86. The molecule has 0 aromatic heterocycles. The summed E-state index contributed by atoms with van der Waals surface area (Å²) in [5.41, 5.74) is 0. The first kappa shape index (κ1) is 53.6. The minimum atomic E-state index is -0.731. The van der Waals surface area contributed by atoms with E-state index in [1.54, 1.807) is 0 Å². The number of hydrogen-bond acceptors (Lipinski definition) is 6. The molecule has 2 aromatic carbocycles. The monoisotopic (exact) mass is 847 g/mol. The SMILES string of the molecule is CCCCCCCCCCCCCCCCCCOCC(O)COc1ccc2ccc(OCC(O)COCCCCCCCCCCCCCCCCCC)c(Cl)c2c1. The number of ether oxygens (including phenoxy) is 4. The van der Waals surface area contributed by atoms with Gasteiger partial charge in [-0.05, 0) is 36.4 Å². The van der Waals surface area contributed by atoms with Gasteiger partial charge in [0.05, 0.1) is 18.2 Å². The van der Waals surface area contributed by atoms with Crippen LogP contribution in [0.4, 0.5) is 0 Å². The van der Waals surface area contributed by atoms with Crippen LogP contribution in [0.5, 0.6) is 11.5 Å². The summed E-state index contributed by atoms with van der Waals surface area (Å²) in [4.78, 5) is 0. The Hall–Kier alpha value is -1.57. The molecule has 7 heteroatoms. The quantitative estimate of drug-likeness (QED) is 0.0647. The van der Waals surface area contributed by atoms with Crippen molar-refractivity contribution in [2.75, 3.05) is 39.6 Å². The number of benzene rings is 2. The van der Waals surface area contributed by atoms with Crippen molar-refractivity contribution in [3.05, 3.63) is 35.4 Å². The predicted molar refractivity (Wildman–Crippen MR) is 253 cm³/mol. The molecule has 59 heavy (non-hydrogen) atoms. The van der Waals surface area contributed by atoms with Gasteiger partial charge < -0.3 is 29.2 Å². The standard InChI is InChI=1S/C52H91ClO6/c1-3-5-7-9-11-13-15-17-19-21-23-25-27-29-31-33-39-56-42-47(54)44-58-49-37-35-46-36-38-51(52(53)50(46)41-49)59-45-48(55)43-57-40-34-32-30-28-26-24-22-20-18-16-14-12-10-8-6-4-2/h35-38,41,47-48,54-55H,3-34,39-40,42-45H2,1-2H3. The molecule has 0 fully saturated rings. The van der Waals surface area contributed by atoms with Crippen LogP contribution in [-0.2, 0) is 9.47 Å². The second-order valence-electron chi connectivity index (χ2n) is 17.4. The van der Waals surface area contributed by atoms with Gasteiger partial charge in [-0.2, -0.15) is 0 Å². The molecule has 0 aliphatic heterocycles. The molecule has 0 aliphatic rings. The van der Waals surface area contributed by atoms with E-state index in [1.165, 1.54) is 193 Å². The van der Waals surface area contributed by atoms with Gasteiger partial charge in [-0.3, -0.25) is 0 Å². The molecule has 2 aromatic rings. The second kappa shape index (κ2) is 39.3. The Morgan fingerprint density at radius 2 is 0.763 bits per heavy atom. The Morgan fingerprint density at radius 1 is 0.424 bits per heavy atom. The van der Waals surface area contributed by atoms with Crippen molar-refractivity contribution in [2.24, 2.45) is 0 Å². The van der Waals surface area contributed by atoms with Gasteiger partial charge in [-0.15, -0.1) is 0 Å². The van der Waals surface area contributed by atoms with E-state index in [2.05, 4.69) is 13.8 Å². The highest BCUT2D eigenvalue weighted by molar-refractivity contribution is 6.37. The van der Waals surface area contributed by atoms with E-state index in [1.807, 2.05) is 30.3 Å². The first-order valence-electron chi connectivity index (χ1n) is 25.0. The van der Waals surface area contributed by atoms with Crippen molar-refractivity contribution < 1.29 is 29.2 Å². The van der Waals surface area contributed by atoms with E-state index in [0.29, 0.717) is 29.7 Å². The van der Waals surface area contributed by atoms with Crippen LogP contribution in [0.3, 0.4) is 0 Å². The first-order chi connectivity index (χ1) is 29.0. The number of hydrogen-bond donors (Lipinski definition) is 2. The van der Waals surface area contributed by atoms with E-state index in [4.69, 9.17) is 30.5 Å². The second-order valence-corrected chi connectivity index (χ2v) is 17.8. The molecule has 0 spiro atoms. The zero-order chi connectivity index (χ0) is 42.3. The fraction of sp³-hybridized carbons (Fsp3) is 0.808. The molecule has 2 atom stereocenters. The van der Waals surface area contributed by atoms with Gasteiger partial charge in [0.15, 0.2) is 0 Å². The molecule has 0 aliphatic carbocycles. The minimum absolute atomic E-state index is 0.103. The topological polar surface area (TPSA) is 77.4 Å². The molecule has 0 heterocycles. The first-order valence-corrected chi connectivity index (χ1v) is 25.4. The third-order valence-corrected chi connectivity index (χ3v) is 12.1. The molecule has 0 saturated heterocycles. The average Bonchev–Trinajstić information content (AvgIpc) is 3.24. The zero-order valence-electron chi connectivity index (χ0n) is 38.3. The van der Waals surface area contributed by atoms with Gasteiger partial charge in [0, 0.05) is 18.6 Å². The number of rotatable bonds is 44. The van der Waals surface area contributed by atoms with Crippen LogP contribution in [0.25, 0.3) is 10.8 Å². The van der Waals surface area contributed by atoms with Crippen molar-refractivity contribution in [3.63, 3.8) is 0 Å². The van der Waals surface area contributed by atoms with Gasteiger partial charge in [0.2, 0.25) is 0 Å². The summed E-state index contributed by atoms with van der Waals surface area (Å²) >= 11 is 6.74. The number of aliphatic hydroxyl groups excluding tert-OH is 2. The molecule has 0 bridgehead atoms. The lowest BCUT2D eigenvalue weighted by Gasteiger charge is -2.16. The van der Waals surface area contributed by atoms with Crippen LogP contribution in [0.2, 0.25) is 5.02 Å². The lowest BCUT2D eigenvalue weighted by Crippen LogP contribution is -2.24. The maximum atomic E-state index is 10.5. The van der Waals surface area contributed by atoms with E-state index in [9.17, 15) is 10.2 Å². The minimum Gasteiger partial charge on any atom is -0.491 e. The summed E-state index contributed by atoms with van der Waals surface area (Å²) in [5.74, 6) is 1.13. The maximum absolute atomic E-state index is 10.5. The lowest BCUT2D eigenvalue weighted by molar-refractivity contribution is 0.0109. The Kier molecular flexibility index (Phi) is 35.7. The number of aliphatic hydroxyl groups is 2. The van der Waals surface area contributed by atoms with Crippen LogP contribution in [0.15, 0.2) is 30.3 Å². The molecule has 0 amide bonds. The average molecular weight is 848 g/mol. The summed E-state index contributed by atoms with van der Waals surface area (Å²) in [5, 5.41) is 23.1. The fourth-order valence-corrected chi connectivity index (χ4v) is 8.14. The van der Waals surface area contributed by atoms with Crippen LogP contribution in [0.1, 0.15) is 219 Å². The summed E-state index contributed by atoms with van der Waals surface area (Å²) in [7, 11) is 0. The molecule has 0 saturated carbocycles. The van der Waals surface area contributed by atoms with Crippen LogP contribution in [0, 0.1) is 0 Å². The zero-order valence-corrected chi connectivity index (χ0v) is 39.1. The van der Waals surface area contributed by atoms with Gasteiger partial charge in [0.25, 0.3) is 0 Å². The normalized spacial score (nSPS) is 12.7. The highest BCUT2D eigenvalue weighted by Gasteiger charge is 2.13. The van der Waals surface area contributed by atoms with E-state index in [-0.39, 0.29) is 26.4 Å². The van der Waals surface area contributed by atoms with Crippen molar-refractivity contribution in [1.82, 2.24) is 0 Å². The van der Waals surface area contributed by atoms with Crippen LogP contribution >= 0.6 is 11.6 Å². The Bertz CT molecular complexity index is 1200. The highest BCUT2D eigenvalue weighted by Crippen LogP contribution is 2.35. The summed E-state index contributed by atoms with van der Waals surface area (Å²) < 4.78 is 23.3. The maximum Gasteiger partial charge on any atom is 0.138 e. The van der Waals surface area contributed by atoms with Crippen molar-refractivity contribution in [3.8, 4) is 11.5 Å². The van der Waals surface area contributed by atoms with E-state index in [0.717, 1.165) is 23.6 Å². The molecule has 2 rings (SSSR count). The molecule has 0 radical (unpaired) electrons. The van der Waals surface area contributed by atoms with Gasteiger partial charge in [-0.1, -0.05) is 230 Å². The molecule has 2 unspecified atom stereocenters.